The Balaban J connectivity index is 1.94. The number of rotatable bonds is 6. The minimum atomic E-state index is -0.875. The quantitative estimate of drug-likeness (QED) is 0.856. The highest BCUT2D eigenvalue weighted by Gasteiger charge is 2.34. The van der Waals surface area contributed by atoms with Crippen LogP contribution in [0, 0.1) is 0 Å². The summed E-state index contributed by atoms with van der Waals surface area (Å²) in [6.45, 7) is 0.775. The molecular formula is C14H19N3O3. The number of carboxylic acids is 1. The van der Waals surface area contributed by atoms with E-state index in [4.69, 9.17) is 5.11 Å². The molecule has 1 aliphatic carbocycles. The van der Waals surface area contributed by atoms with E-state index in [1.807, 2.05) is 12.1 Å². The van der Waals surface area contributed by atoms with E-state index in [-0.39, 0.29) is 25.0 Å². The Morgan fingerprint density at radius 3 is 2.55 bits per heavy atom. The van der Waals surface area contributed by atoms with Gasteiger partial charge in [-0.25, -0.2) is 4.79 Å². The maximum absolute atomic E-state index is 12.4. The van der Waals surface area contributed by atoms with Gasteiger partial charge in [-0.15, -0.1) is 0 Å². The summed E-state index contributed by atoms with van der Waals surface area (Å²) in [5.41, 5.74) is 1.00. The lowest BCUT2D eigenvalue weighted by Crippen LogP contribution is -2.43. The van der Waals surface area contributed by atoms with Crippen molar-refractivity contribution in [1.82, 2.24) is 14.8 Å². The number of pyridine rings is 1. The second kappa shape index (κ2) is 6.36. The fourth-order valence-corrected chi connectivity index (χ4v) is 2.09. The van der Waals surface area contributed by atoms with Crippen molar-refractivity contribution in [3.05, 3.63) is 30.1 Å². The largest absolute Gasteiger partial charge is 0.481 e. The fraction of sp³-hybridized carbons (Fsp3) is 0.500. The molecule has 1 aromatic heterocycles. The zero-order valence-electron chi connectivity index (χ0n) is 11.5. The summed E-state index contributed by atoms with van der Waals surface area (Å²) in [6, 6.07) is 3.83. The molecule has 6 nitrogen and oxygen atoms in total. The molecule has 0 atom stereocenters. The second-order valence-electron chi connectivity index (χ2n) is 5.06. The van der Waals surface area contributed by atoms with Gasteiger partial charge in [-0.05, 0) is 30.5 Å². The first kappa shape index (κ1) is 14.3. The van der Waals surface area contributed by atoms with Crippen molar-refractivity contribution in [1.29, 1.82) is 0 Å². The van der Waals surface area contributed by atoms with Crippen molar-refractivity contribution in [2.75, 3.05) is 13.6 Å². The third kappa shape index (κ3) is 3.94. The van der Waals surface area contributed by atoms with E-state index >= 15 is 0 Å². The molecule has 20 heavy (non-hydrogen) atoms. The average molecular weight is 277 g/mol. The number of carbonyl (C=O) groups excluding carboxylic acids is 1. The molecule has 1 N–H and O–H groups in total. The summed E-state index contributed by atoms with van der Waals surface area (Å²) in [7, 11) is 1.74. The Hall–Kier alpha value is -2.11. The minimum absolute atomic E-state index is 0.00859. The van der Waals surface area contributed by atoms with Crippen LogP contribution in [-0.2, 0) is 11.3 Å². The van der Waals surface area contributed by atoms with Crippen LogP contribution in [-0.4, -0.2) is 51.5 Å². The van der Waals surface area contributed by atoms with Crippen LogP contribution >= 0.6 is 0 Å². The number of nitrogens with zero attached hydrogens (tertiary/aromatic N) is 3. The molecule has 6 heteroatoms. The predicted octanol–water partition coefficient (Wildman–Crippen LogP) is 1.57. The van der Waals surface area contributed by atoms with E-state index in [0.29, 0.717) is 6.54 Å². The minimum Gasteiger partial charge on any atom is -0.481 e. The van der Waals surface area contributed by atoms with Gasteiger partial charge in [0.25, 0.3) is 0 Å². The molecule has 0 spiro atoms. The van der Waals surface area contributed by atoms with E-state index in [1.165, 1.54) is 0 Å². The van der Waals surface area contributed by atoms with Gasteiger partial charge in [-0.2, -0.15) is 0 Å². The Morgan fingerprint density at radius 2 is 2.00 bits per heavy atom. The van der Waals surface area contributed by atoms with Crippen LogP contribution in [0.15, 0.2) is 24.5 Å². The van der Waals surface area contributed by atoms with E-state index in [9.17, 15) is 9.59 Å². The number of aliphatic carboxylic acids is 1. The Morgan fingerprint density at radius 1 is 1.35 bits per heavy atom. The van der Waals surface area contributed by atoms with Gasteiger partial charge < -0.3 is 14.9 Å². The van der Waals surface area contributed by atoms with Crippen LogP contribution in [0.5, 0.6) is 0 Å². The van der Waals surface area contributed by atoms with Crippen molar-refractivity contribution >= 4 is 12.0 Å². The highest BCUT2D eigenvalue weighted by atomic mass is 16.4. The normalized spacial score (nSPS) is 13.8. The lowest BCUT2D eigenvalue weighted by atomic mass is 10.2. The van der Waals surface area contributed by atoms with Crippen molar-refractivity contribution in [3.8, 4) is 0 Å². The lowest BCUT2D eigenvalue weighted by molar-refractivity contribution is -0.137. The fourth-order valence-electron chi connectivity index (χ4n) is 2.09. The Kier molecular flexibility index (Phi) is 4.55. The maximum Gasteiger partial charge on any atom is 0.320 e. The van der Waals surface area contributed by atoms with Gasteiger partial charge in [0.2, 0.25) is 0 Å². The van der Waals surface area contributed by atoms with Gasteiger partial charge in [0.15, 0.2) is 0 Å². The summed E-state index contributed by atoms with van der Waals surface area (Å²) in [5.74, 6) is -0.875. The SMILES string of the molecule is CN(Cc1ccncc1)C(=O)N(CCC(=O)O)C1CC1. The molecule has 2 rings (SSSR count). The molecule has 0 saturated heterocycles. The zero-order chi connectivity index (χ0) is 14.5. The third-order valence-electron chi connectivity index (χ3n) is 3.30. The molecule has 1 fully saturated rings. The van der Waals surface area contributed by atoms with E-state index in [2.05, 4.69) is 4.98 Å². The third-order valence-corrected chi connectivity index (χ3v) is 3.30. The molecule has 1 heterocycles. The number of hydrogen-bond donors (Lipinski definition) is 1. The lowest BCUT2D eigenvalue weighted by Gasteiger charge is -2.28. The predicted molar refractivity (Wildman–Crippen MR) is 73.1 cm³/mol. The van der Waals surface area contributed by atoms with Crippen LogP contribution in [0.4, 0.5) is 4.79 Å². The van der Waals surface area contributed by atoms with E-state index in [1.54, 1.807) is 29.2 Å². The number of carboxylic acid groups (broad SMARTS) is 1. The highest BCUT2D eigenvalue weighted by Crippen LogP contribution is 2.28. The molecule has 1 saturated carbocycles. The van der Waals surface area contributed by atoms with Gasteiger partial charge in [-0.3, -0.25) is 9.78 Å². The molecule has 0 bridgehead atoms. The summed E-state index contributed by atoms with van der Waals surface area (Å²) >= 11 is 0. The van der Waals surface area contributed by atoms with Gasteiger partial charge in [0.1, 0.15) is 0 Å². The molecule has 0 unspecified atom stereocenters. The van der Waals surface area contributed by atoms with Crippen molar-refractivity contribution in [2.24, 2.45) is 0 Å². The summed E-state index contributed by atoms with van der Waals surface area (Å²) < 4.78 is 0. The molecule has 2 amide bonds. The second-order valence-corrected chi connectivity index (χ2v) is 5.06. The van der Waals surface area contributed by atoms with Gasteiger partial charge in [0.05, 0.1) is 6.42 Å². The summed E-state index contributed by atoms with van der Waals surface area (Å²) in [4.78, 5) is 30.3. The van der Waals surface area contributed by atoms with Crippen LogP contribution in [0.25, 0.3) is 0 Å². The van der Waals surface area contributed by atoms with Crippen LogP contribution in [0.3, 0.4) is 0 Å². The molecule has 1 aromatic rings. The number of hydrogen-bond acceptors (Lipinski definition) is 3. The topological polar surface area (TPSA) is 73.7 Å². The highest BCUT2D eigenvalue weighted by molar-refractivity contribution is 5.76. The summed E-state index contributed by atoms with van der Waals surface area (Å²) in [6.07, 6.45) is 5.31. The zero-order valence-corrected chi connectivity index (χ0v) is 11.5. The molecule has 0 aliphatic heterocycles. The molecule has 108 valence electrons. The van der Waals surface area contributed by atoms with Crippen molar-refractivity contribution < 1.29 is 14.7 Å². The van der Waals surface area contributed by atoms with Gasteiger partial charge in [-0.1, -0.05) is 0 Å². The Bertz CT molecular complexity index is 474. The van der Waals surface area contributed by atoms with Crippen LogP contribution in [0.1, 0.15) is 24.8 Å². The molecular weight excluding hydrogens is 258 g/mol. The smallest absolute Gasteiger partial charge is 0.320 e. The van der Waals surface area contributed by atoms with Crippen molar-refractivity contribution in [2.45, 2.75) is 31.8 Å². The van der Waals surface area contributed by atoms with Crippen molar-refractivity contribution in [3.63, 3.8) is 0 Å². The average Bonchev–Trinajstić information content (AvgIpc) is 3.24. The first-order valence-electron chi connectivity index (χ1n) is 6.70. The molecule has 1 aliphatic rings. The Labute approximate surface area is 118 Å². The van der Waals surface area contributed by atoms with Crippen LogP contribution in [0.2, 0.25) is 0 Å². The first-order valence-corrected chi connectivity index (χ1v) is 6.70. The van der Waals surface area contributed by atoms with E-state index < -0.39 is 5.97 Å². The number of urea groups is 1. The van der Waals surface area contributed by atoms with E-state index in [0.717, 1.165) is 18.4 Å². The molecule has 0 radical (unpaired) electrons. The first-order chi connectivity index (χ1) is 9.58. The van der Waals surface area contributed by atoms with Crippen LogP contribution < -0.4 is 0 Å². The maximum atomic E-state index is 12.4. The van der Waals surface area contributed by atoms with Gasteiger partial charge >= 0.3 is 12.0 Å². The number of amides is 2. The number of carbonyl (C=O) groups is 2. The standard InChI is InChI=1S/C14H19N3O3/c1-16(10-11-4-7-15-8-5-11)14(20)17(12-2-3-12)9-6-13(18)19/h4-5,7-8,12H,2-3,6,9-10H2,1H3,(H,18,19). The van der Waals surface area contributed by atoms with Gasteiger partial charge in [0, 0.05) is 38.6 Å². The number of aromatic nitrogens is 1. The summed E-state index contributed by atoms with van der Waals surface area (Å²) in [5, 5.41) is 8.76. The monoisotopic (exact) mass is 277 g/mol. The molecule has 0 aromatic carbocycles.